The van der Waals surface area contributed by atoms with Gasteiger partial charge in [-0.05, 0) is 30.3 Å². The number of para-hydroxylation sites is 2. The molecule has 0 aliphatic heterocycles. The van der Waals surface area contributed by atoms with Gasteiger partial charge in [-0.2, -0.15) is 22.9 Å². The molecule has 10 heteroatoms. The number of rotatable bonds is 5. The number of primary amides is 1. The van der Waals surface area contributed by atoms with Crippen LogP contribution in [0.25, 0.3) is 33.2 Å². The van der Waals surface area contributed by atoms with E-state index in [1.807, 2.05) is 24.3 Å². The molecule has 0 unspecified atom stereocenters. The summed E-state index contributed by atoms with van der Waals surface area (Å²) >= 11 is 0. The van der Waals surface area contributed by atoms with E-state index < -0.39 is 23.2 Å². The second-order valence-electron chi connectivity index (χ2n) is 8.09. The fourth-order valence-electron chi connectivity index (χ4n) is 4.05. The van der Waals surface area contributed by atoms with E-state index >= 15 is 0 Å². The van der Waals surface area contributed by atoms with E-state index in [0.29, 0.717) is 11.1 Å². The number of halogens is 3. The number of nitrogens with zero attached hydrogens (tertiary/aromatic N) is 4. The van der Waals surface area contributed by atoms with Crippen LogP contribution in [-0.4, -0.2) is 26.3 Å². The molecule has 0 saturated heterocycles. The molecule has 0 fully saturated rings. The number of carbonyl (C=O) groups is 1. The average molecular weight is 489 g/mol. The smallest absolute Gasteiger partial charge is 0.368 e. The van der Waals surface area contributed by atoms with Crippen LogP contribution in [0.5, 0.6) is 0 Å². The molecule has 0 atom stereocenters. The zero-order valence-electron chi connectivity index (χ0n) is 18.6. The van der Waals surface area contributed by atoms with Gasteiger partial charge in [0.25, 0.3) is 5.56 Å². The quantitative estimate of drug-likeness (QED) is 0.371. The Labute approximate surface area is 201 Å². The molecule has 0 aliphatic carbocycles. The van der Waals surface area contributed by atoms with Crippen LogP contribution in [0.1, 0.15) is 11.1 Å². The van der Waals surface area contributed by atoms with Gasteiger partial charge in [-0.3, -0.25) is 9.59 Å². The van der Waals surface area contributed by atoms with Crippen LogP contribution in [0.4, 0.5) is 13.2 Å². The highest BCUT2D eigenvalue weighted by Gasteiger charge is 2.31. The van der Waals surface area contributed by atoms with Crippen molar-refractivity contribution in [2.75, 3.05) is 0 Å². The first-order valence-electron chi connectivity index (χ1n) is 10.8. The zero-order valence-corrected chi connectivity index (χ0v) is 18.6. The number of hydrogen-bond donors (Lipinski definition) is 1. The van der Waals surface area contributed by atoms with Gasteiger partial charge in [-0.15, -0.1) is 0 Å². The summed E-state index contributed by atoms with van der Waals surface area (Å²) in [5.74, 6) is -0.567. The van der Waals surface area contributed by atoms with Gasteiger partial charge in [-0.1, -0.05) is 42.5 Å². The topological polar surface area (TPSA) is 95.3 Å². The van der Waals surface area contributed by atoms with Crippen LogP contribution in [0.15, 0.2) is 88.9 Å². The Morgan fingerprint density at radius 3 is 2.47 bits per heavy atom. The van der Waals surface area contributed by atoms with Gasteiger partial charge in [0.15, 0.2) is 5.82 Å². The summed E-state index contributed by atoms with van der Waals surface area (Å²) in [5.41, 5.74) is 5.70. The van der Waals surface area contributed by atoms with Gasteiger partial charge in [0.05, 0.1) is 22.7 Å². The van der Waals surface area contributed by atoms with E-state index in [9.17, 15) is 22.8 Å². The Morgan fingerprint density at radius 1 is 1.00 bits per heavy atom. The molecule has 0 radical (unpaired) electrons. The summed E-state index contributed by atoms with van der Waals surface area (Å²) in [7, 11) is 0. The highest BCUT2D eigenvalue weighted by atomic mass is 19.4. The van der Waals surface area contributed by atoms with Gasteiger partial charge in [-0.25, -0.2) is 4.98 Å². The van der Waals surface area contributed by atoms with Crippen molar-refractivity contribution in [1.29, 1.82) is 0 Å². The van der Waals surface area contributed by atoms with Crippen LogP contribution >= 0.6 is 0 Å². The van der Waals surface area contributed by atoms with Crippen LogP contribution in [0, 0.1) is 0 Å². The number of fused-ring (bicyclic) bond motifs is 2. The van der Waals surface area contributed by atoms with Crippen molar-refractivity contribution in [3.63, 3.8) is 0 Å². The Bertz CT molecular complexity index is 1720. The van der Waals surface area contributed by atoms with E-state index in [1.54, 1.807) is 35.0 Å². The van der Waals surface area contributed by atoms with Gasteiger partial charge < -0.3 is 10.3 Å². The molecule has 2 N–H and O–H groups in total. The molecule has 0 aliphatic rings. The molecule has 180 valence electrons. The van der Waals surface area contributed by atoms with Crippen molar-refractivity contribution in [2.24, 2.45) is 10.8 Å². The molecule has 5 aromatic rings. The molecular weight excluding hydrogens is 471 g/mol. The van der Waals surface area contributed by atoms with E-state index in [0.717, 1.165) is 27.7 Å². The maximum Gasteiger partial charge on any atom is 0.416 e. The second kappa shape index (κ2) is 8.81. The zero-order chi connectivity index (χ0) is 25.4. The summed E-state index contributed by atoms with van der Waals surface area (Å²) in [6.45, 7) is -0.0542. The summed E-state index contributed by atoms with van der Waals surface area (Å²) in [5, 5.41) is 5.36. The third kappa shape index (κ3) is 4.24. The maximum absolute atomic E-state index is 13.4. The van der Waals surface area contributed by atoms with Crippen molar-refractivity contribution >= 4 is 33.9 Å². The lowest BCUT2D eigenvalue weighted by atomic mass is 10.1. The number of alkyl halides is 3. The Kier molecular flexibility index (Phi) is 5.63. The number of aromatic nitrogens is 3. The van der Waals surface area contributed by atoms with Crippen LogP contribution in [-0.2, 0) is 17.5 Å². The predicted octanol–water partition coefficient (Wildman–Crippen LogP) is 4.40. The summed E-state index contributed by atoms with van der Waals surface area (Å²) in [6.07, 6.45) is -1.49. The third-order valence-electron chi connectivity index (χ3n) is 5.66. The van der Waals surface area contributed by atoms with Crippen molar-refractivity contribution in [2.45, 2.75) is 12.7 Å². The molecule has 0 saturated carbocycles. The minimum atomic E-state index is -4.57. The van der Waals surface area contributed by atoms with E-state index in [1.165, 1.54) is 18.3 Å². The average Bonchev–Trinajstić information content (AvgIpc) is 3.20. The standard InChI is InChI=1S/C26H18F3N5O2/c27-26(28,29)18-7-5-6-16(12-18)24-32-21-10-3-1-9-20(21)25(36)34(24)31-13-17-14-33(15-23(30)35)22-11-4-2-8-19(17)22/h1-14H,15H2,(H2,30,35). The minimum Gasteiger partial charge on any atom is -0.368 e. The first-order chi connectivity index (χ1) is 17.2. The number of benzene rings is 3. The van der Waals surface area contributed by atoms with Crippen LogP contribution in [0.3, 0.4) is 0 Å². The Morgan fingerprint density at radius 2 is 1.72 bits per heavy atom. The number of hydrogen-bond acceptors (Lipinski definition) is 4. The van der Waals surface area contributed by atoms with Gasteiger partial charge in [0, 0.05) is 28.2 Å². The fraction of sp³-hybridized carbons (Fsp3) is 0.0769. The number of carbonyl (C=O) groups excluding carboxylic acids is 1. The van der Waals surface area contributed by atoms with E-state index in [2.05, 4.69) is 10.1 Å². The summed E-state index contributed by atoms with van der Waals surface area (Å²) < 4.78 is 42.8. The lowest BCUT2D eigenvalue weighted by Gasteiger charge is -2.12. The first-order valence-corrected chi connectivity index (χ1v) is 10.8. The molecule has 36 heavy (non-hydrogen) atoms. The van der Waals surface area contributed by atoms with Gasteiger partial charge in [0.1, 0.15) is 6.54 Å². The molecule has 1 amide bonds. The van der Waals surface area contributed by atoms with Gasteiger partial charge in [0.2, 0.25) is 5.91 Å². The van der Waals surface area contributed by atoms with Crippen LogP contribution in [0.2, 0.25) is 0 Å². The molecule has 0 spiro atoms. The predicted molar refractivity (Wildman–Crippen MR) is 131 cm³/mol. The summed E-state index contributed by atoms with van der Waals surface area (Å²) in [6, 6.07) is 18.4. The normalized spacial score (nSPS) is 12.1. The van der Waals surface area contributed by atoms with Crippen molar-refractivity contribution < 1.29 is 18.0 Å². The molecule has 0 bridgehead atoms. The molecule has 5 rings (SSSR count). The Balaban J connectivity index is 1.71. The molecule has 3 aromatic carbocycles. The molecule has 2 aromatic heterocycles. The second-order valence-corrected chi connectivity index (χ2v) is 8.09. The summed E-state index contributed by atoms with van der Waals surface area (Å²) in [4.78, 5) is 29.3. The van der Waals surface area contributed by atoms with Crippen molar-refractivity contribution in [3.05, 3.63) is 100 Å². The lowest BCUT2D eigenvalue weighted by Crippen LogP contribution is -2.20. The van der Waals surface area contributed by atoms with Crippen molar-refractivity contribution in [3.8, 4) is 11.4 Å². The number of nitrogens with two attached hydrogens (primary N) is 1. The highest BCUT2D eigenvalue weighted by molar-refractivity contribution is 6.00. The lowest BCUT2D eigenvalue weighted by molar-refractivity contribution is -0.137. The number of amides is 1. The molecule has 2 heterocycles. The monoisotopic (exact) mass is 489 g/mol. The Hall–Kier alpha value is -4.73. The van der Waals surface area contributed by atoms with E-state index in [-0.39, 0.29) is 23.3 Å². The fourth-order valence-corrected chi connectivity index (χ4v) is 4.05. The van der Waals surface area contributed by atoms with Crippen molar-refractivity contribution in [1.82, 2.24) is 14.2 Å². The SMILES string of the molecule is NC(=O)Cn1cc(C=Nn2c(-c3cccc(C(F)(F)F)c3)nc3ccccc3c2=O)c2ccccc21. The van der Waals surface area contributed by atoms with E-state index in [4.69, 9.17) is 5.73 Å². The first kappa shape index (κ1) is 23.0. The largest absolute Gasteiger partial charge is 0.416 e. The minimum absolute atomic E-state index is 0.0399. The maximum atomic E-state index is 13.4. The van der Waals surface area contributed by atoms with Gasteiger partial charge >= 0.3 is 6.18 Å². The third-order valence-corrected chi connectivity index (χ3v) is 5.66. The molecular formula is C26H18F3N5O2. The van der Waals surface area contributed by atoms with Crippen LogP contribution < -0.4 is 11.3 Å². The highest BCUT2D eigenvalue weighted by Crippen LogP contribution is 2.32. The molecule has 7 nitrogen and oxygen atoms in total.